The lowest BCUT2D eigenvalue weighted by Gasteiger charge is -2.15. The van der Waals surface area contributed by atoms with Gasteiger partial charge in [-0.1, -0.05) is 5.04 Å². The Morgan fingerprint density at radius 2 is 1.53 bits per heavy atom. The third-order valence-corrected chi connectivity index (χ3v) is 3.32. The maximum absolute atomic E-state index is 13.6. The lowest BCUT2D eigenvalue weighted by molar-refractivity contribution is -0.432. The first kappa shape index (κ1) is 16.4. The molecule has 3 nitrogen and oxygen atoms in total. The Balaban J connectivity index is 3.59. The lowest BCUT2D eigenvalue weighted by Crippen LogP contribution is -2.14. The molecule has 0 bridgehead atoms. The minimum Gasteiger partial charge on any atom is -0.220 e. The Labute approximate surface area is 110 Å². The third-order valence-electron chi connectivity index (χ3n) is 1.87. The van der Waals surface area contributed by atoms with E-state index < -0.39 is 51.0 Å². The number of rotatable bonds is 4. The highest BCUT2D eigenvalue weighted by atomic mass is 32.2. The summed E-state index contributed by atoms with van der Waals surface area (Å²) in [5.74, 6) is -5.72. The zero-order valence-electron chi connectivity index (χ0n) is 8.85. The van der Waals surface area contributed by atoms with Crippen molar-refractivity contribution < 1.29 is 41.0 Å². The Morgan fingerprint density at radius 3 is 1.95 bits per heavy atom. The van der Waals surface area contributed by atoms with Gasteiger partial charge in [-0.05, 0) is 6.26 Å². The van der Waals surface area contributed by atoms with Gasteiger partial charge in [-0.15, -0.1) is 16.1 Å². The molecule has 0 aliphatic carbocycles. The summed E-state index contributed by atoms with van der Waals surface area (Å²) < 4.78 is 81.9. The first-order valence-corrected chi connectivity index (χ1v) is 6.18. The highest BCUT2D eigenvalue weighted by Gasteiger charge is 2.42. The van der Waals surface area contributed by atoms with E-state index in [4.69, 9.17) is 5.26 Å². The Kier molecular flexibility index (Phi) is 5.38. The van der Waals surface area contributed by atoms with Crippen molar-refractivity contribution in [3.63, 3.8) is 0 Å². The number of alkyl halides is 3. The van der Waals surface area contributed by atoms with Crippen molar-refractivity contribution in [2.75, 3.05) is 6.26 Å². The summed E-state index contributed by atoms with van der Waals surface area (Å²) in [4.78, 5) is -2.63. The van der Waals surface area contributed by atoms with Crippen LogP contribution in [0.25, 0.3) is 0 Å². The average Bonchev–Trinajstić information content (AvgIpc) is 2.31. The number of hydrogen-bond donors (Lipinski definition) is 1. The van der Waals surface area contributed by atoms with Gasteiger partial charge in [-0.3, -0.25) is 0 Å². The molecule has 0 unspecified atom stereocenters. The monoisotopic (exact) mass is 326 g/mol. The molecular weight excluding hydrogens is 322 g/mol. The van der Waals surface area contributed by atoms with Gasteiger partial charge in [-0.2, -0.15) is 13.2 Å². The van der Waals surface area contributed by atoms with E-state index in [1.54, 1.807) is 0 Å². The van der Waals surface area contributed by atoms with Gasteiger partial charge in [0.05, 0.1) is 21.8 Å². The smallest absolute Gasteiger partial charge is 0.220 e. The third kappa shape index (κ3) is 3.28. The fourth-order valence-electron chi connectivity index (χ4n) is 1.18. The molecule has 1 aromatic rings. The number of hydrogen-bond acceptors (Lipinski definition) is 5. The van der Waals surface area contributed by atoms with Gasteiger partial charge in [-0.25, -0.2) is 18.4 Å². The van der Waals surface area contributed by atoms with Crippen molar-refractivity contribution in [1.82, 2.24) is 0 Å². The molecule has 1 aromatic carbocycles. The largest absolute Gasteiger partial charge is 0.420 e. The summed E-state index contributed by atoms with van der Waals surface area (Å²) in [5, 5.41) is 10.8. The minimum absolute atomic E-state index is 0.278. The second-order valence-corrected chi connectivity index (χ2v) is 4.43. The molecule has 0 aliphatic rings. The predicted molar refractivity (Wildman–Crippen MR) is 53.8 cm³/mol. The van der Waals surface area contributed by atoms with Crippen LogP contribution in [-0.2, 0) is 15.5 Å². The second kappa shape index (κ2) is 6.22. The number of benzene rings is 1. The quantitative estimate of drug-likeness (QED) is 0.223. The predicted octanol–water partition coefficient (Wildman–Crippen LogP) is 4.27. The highest BCUT2D eigenvalue weighted by Crippen LogP contribution is 2.44. The maximum Gasteiger partial charge on any atom is 0.420 e. The van der Waals surface area contributed by atoms with Crippen LogP contribution in [0.15, 0.2) is 9.79 Å². The van der Waals surface area contributed by atoms with E-state index in [0.29, 0.717) is 0 Å². The van der Waals surface area contributed by atoms with Crippen molar-refractivity contribution in [1.29, 1.82) is 0 Å². The molecule has 1 N–H and O–H groups in total. The molecule has 0 saturated carbocycles. The molecule has 0 radical (unpaired) electrons. The van der Waals surface area contributed by atoms with Crippen molar-refractivity contribution in [3.05, 3.63) is 23.0 Å². The van der Waals surface area contributed by atoms with Crippen LogP contribution < -0.4 is 0 Å². The van der Waals surface area contributed by atoms with Gasteiger partial charge >= 0.3 is 6.18 Å². The molecule has 108 valence electrons. The van der Waals surface area contributed by atoms with Crippen molar-refractivity contribution in [2.45, 2.75) is 16.0 Å². The van der Waals surface area contributed by atoms with Gasteiger partial charge < -0.3 is 0 Å². The Morgan fingerprint density at radius 1 is 1.00 bits per heavy atom. The summed E-state index contributed by atoms with van der Waals surface area (Å²) in [6.45, 7) is 0. The summed E-state index contributed by atoms with van der Waals surface area (Å²) >= 11 is -0.230. The van der Waals surface area contributed by atoms with Crippen LogP contribution in [0.5, 0.6) is 0 Å². The van der Waals surface area contributed by atoms with Crippen LogP contribution >= 0.6 is 23.8 Å². The molecule has 0 atom stereocenters. The van der Waals surface area contributed by atoms with Crippen molar-refractivity contribution in [3.8, 4) is 0 Å². The van der Waals surface area contributed by atoms with Gasteiger partial charge in [0.15, 0.2) is 17.5 Å². The van der Waals surface area contributed by atoms with E-state index in [9.17, 15) is 26.3 Å². The molecule has 1 rings (SSSR count). The van der Waals surface area contributed by atoms with E-state index in [0.717, 1.165) is 6.26 Å². The maximum atomic E-state index is 13.6. The zero-order valence-corrected chi connectivity index (χ0v) is 10.5. The Bertz CT molecular complexity index is 479. The fraction of sp³-hybridized carbons (Fsp3) is 0.250. The molecule has 0 saturated heterocycles. The van der Waals surface area contributed by atoms with Gasteiger partial charge in [0.25, 0.3) is 0 Å². The molecular formula is C8H4F6O3S2. The SMILES string of the molecule is CSc1c(F)c(F)c(SOOO)c(C(F)(F)F)c1F. The molecule has 0 heterocycles. The van der Waals surface area contributed by atoms with Crippen LogP contribution in [0.2, 0.25) is 0 Å². The van der Waals surface area contributed by atoms with Gasteiger partial charge in [0, 0.05) is 0 Å². The second-order valence-electron chi connectivity index (χ2n) is 2.90. The Hall–Kier alpha value is -0.620. The van der Waals surface area contributed by atoms with Crippen LogP contribution in [0.3, 0.4) is 0 Å². The number of halogens is 6. The van der Waals surface area contributed by atoms with Crippen LogP contribution in [0.1, 0.15) is 5.56 Å². The first-order chi connectivity index (χ1) is 8.75. The standard InChI is InChI=1S/C8H4F6O3S2/c1-18-7-3(9)2(8(12,13)14)6(19-17-16-15)4(10)5(7)11/h15H,1H3. The summed E-state index contributed by atoms with van der Waals surface area (Å²) in [7, 11) is 0. The summed E-state index contributed by atoms with van der Waals surface area (Å²) in [6, 6.07) is 0. The van der Waals surface area contributed by atoms with Gasteiger partial charge in [0.2, 0.25) is 0 Å². The van der Waals surface area contributed by atoms with E-state index in [1.165, 1.54) is 0 Å². The topological polar surface area (TPSA) is 38.7 Å². The molecule has 19 heavy (non-hydrogen) atoms. The first-order valence-electron chi connectivity index (χ1n) is 4.22. The fourth-order valence-corrected chi connectivity index (χ4v) is 2.28. The number of thioether (sulfide) groups is 1. The van der Waals surface area contributed by atoms with Crippen molar-refractivity contribution in [2.24, 2.45) is 0 Å². The van der Waals surface area contributed by atoms with E-state index in [2.05, 4.69) is 9.37 Å². The van der Waals surface area contributed by atoms with E-state index in [1.807, 2.05) is 0 Å². The molecule has 0 amide bonds. The summed E-state index contributed by atoms with van der Waals surface area (Å²) in [6.07, 6.45) is -4.20. The lowest BCUT2D eigenvalue weighted by atomic mass is 10.2. The van der Waals surface area contributed by atoms with Crippen LogP contribution in [0, 0.1) is 17.5 Å². The van der Waals surface area contributed by atoms with E-state index >= 15 is 0 Å². The molecule has 0 aliphatic heterocycles. The van der Waals surface area contributed by atoms with Gasteiger partial charge in [0.1, 0.15) is 5.56 Å². The molecule has 0 fully saturated rings. The average molecular weight is 326 g/mol. The normalized spacial score (nSPS) is 12.0. The molecule has 0 aromatic heterocycles. The van der Waals surface area contributed by atoms with Crippen LogP contribution in [-0.4, -0.2) is 11.5 Å². The van der Waals surface area contributed by atoms with Crippen molar-refractivity contribution >= 4 is 23.8 Å². The van der Waals surface area contributed by atoms with Crippen LogP contribution in [0.4, 0.5) is 26.3 Å². The minimum atomic E-state index is -5.29. The van der Waals surface area contributed by atoms with E-state index in [-0.39, 0.29) is 11.8 Å². The molecule has 0 spiro atoms. The molecule has 11 heteroatoms. The summed E-state index contributed by atoms with van der Waals surface area (Å²) in [5.41, 5.74) is -2.04. The highest BCUT2D eigenvalue weighted by molar-refractivity contribution is 7.98. The zero-order chi connectivity index (χ0) is 14.8.